The van der Waals surface area contributed by atoms with E-state index in [1.165, 1.54) is 44.7 Å². The average Bonchev–Trinajstić information content (AvgIpc) is 3.74. The summed E-state index contributed by atoms with van der Waals surface area (Å²) in [6.45, 7) is 1.87. The Balaban J connectivity index is 1.26. The van der Waals surface area contributed by atoms with E-state index in [1.807, 2.05) is 67.6 Å². The topological polar surface area (TPSA) is 143 Å². The highest BCUT2D eigenvalue weighted by Gasteiger charge is 2.54. The second-order valence-corrected chi connectivity index (χ2v) is 14.9. The fourth-order valence-corrected chi connectivity index (χ4v) is 9.38. The largest absolute Gasteiger partial charge is 0.448 e. The number of rotatable bonds is 12. The molecule has 2 aromatic heterocycles. The Bertz CT molecular complexity index is 1830. The molecule has 1 saturated heterocycles. The summed E-state index contributed by atoms with van der Waals surface area (Å²) in [5.74, 6) is -0.751. The van der Waals surface area contributed by atoms with Gasteiger partial charge in [-0.2, -0.15) is 0 Å². The summed E-state index contributed by atoms with van der Waals surface area (Å²) in [6.07, 6.45) is -0.206. The summed E-state index contributed by atoms with van der Waals surface area (Å²) in [5.41, 5.74) is 2.99. The number of β-lactam (4-membered cyclic amide) rings is 1. The van der Waals surface area contributed by atoms with Crippen LogP contribution in [0.5, 0.6) is 0 Å². The maximum atomic E-state index is 14.2. The predicted octanol–water partition coefficient (Wildman–Crippen LogP) is 5.39. The van der Waals surface area contributed by atoms with E-state index in [1.54, 1.807) is 5.38 Å². The van der Waals surface area contributed by atoms with Gasteiger partial charge in [-0.25, -0.2) is 9.78 Å². The van der Waals surface area contributed by atoms with Crippen LogP contribution in [0.4, 0.5) is 5.13 Å². The number of aromatic nitrogens is 3. The lowest BCUT2D eigenvalue weighted by atomic mass is 10.0. The minimum Gasteiger partial charge on any atom is -0.448 e. The third-order valence-electron chi connectivity index (χ3n) is 7.15. The molecule has 0 saturated carbocycles. The number of hydrogen-bond acceptors (Lipinski definition) is 12. The van der Waals surface area contributed by atoms with E-state index in [0.717, 1.165) is 37.4 Å². The zero-order chi connectivity index (χ0) is 32.9. The lowest BCUT2D eigenvalue weighted by Gasteiger charge is -2.49. The van der Waals surface area contributed by atoms with Crippen molar-refractivity contribution in [3.8, 4) is 0 Å². The first kappa shape index (κ1) is 33.1. The quantitative estimate of drug-likeness (QED) is 0.0634. The van der Waals surface area contributed by atoms with E-state index in [2.05, 4.69) is 41.7 Å². The number of nitrogens with zero attached hydrogens (tertiary/aromatic N) is 4. The van der Waals surface area contributed by atoms with Gasteiger partial charge in [0.05, 0.1) is 11.3 Å². The number of ether oxygens (including phenoxy) is 1. The molecule has 3 amide bonds. The number of esters is 1. The van der Waals surface area contributed by atoms with Gasteiger partial charge in [0.15, 0.2) is 15.6 Å². The van der Waals surface area contributed by atoms with Crippen molar-refractivity contribution in [3.05, 3.63) is 104 Å². The molecule has 0 spiro atoms. The molecule has 2 aliphatic heterocycles. The van der Waals surface area contributed by atoms with Crippen LogP contribution in [0.15, 0.2) is 86.6 Å². The van der Waals surface area contributed by atoms with Crippen LogP contribution in [0.3, 0.4) is 0 Å². The second kappa shape index (κ2) is 14.9. The number of carbonyl (C=O) groups is 4. The number of halogens is 1. The van der Waals surface area contributed by atoms with Crippen LogP contribution < -0.4 is 10.6 Å². The van der Waals surface area contributed by atoms with Gasteiger partial charge in [-0.15, -0.1) is 33.3 Å². The first-order valence-electron chi connectivity index (χ1n) is 14.1. The standard InChI is InChI=1S/C31H25BrN6O5S4/c1-17-36-37-31(47-17)46-14-20-13-44-28-23(35-26(40)21(12-32)22-15-45-30(34-22)33-16-39)27(41)38(28)24(20)29(42)43-25(18-8-4-2-5-9-18)19-10-6-3-7-11-19/h2-12,15-16,23,25,28H,13-14H2,1H3,(H,35,40)(H,33,34,39)/t23?,28-/m1/s1. The molecule has 1 unspecified atom stereocenters. The molecule has 2 N–H and O–H groups in total. The summed E-state index contributed by atoms with van der Waals surface area (Å²) < 4.78 is 6.98. The Morgan fingerprint density at radius 2 is 1.83 bits per heavy atom. The molecule has 2 aromatic carbocycles. The third kappa shape index (κ3) is 7.21. The van der Waals surface area contributed by atoms with E-state index < -0.39 is 35.3 Å². The van der Waals surface area contributed by atoms with Crippen molar-refractivity contribution in [2.75, 3.05) is 16.8 Å². The minimum absolute atomic E-state index is 0.176. The lowest BCUT2D eigenvalue weighted by Crippen LogP contribution is -2.70. The normalized spacial score (nSPS) is 17.6. The number of hydrogen-bond donors (Lipinski definition) is 2. The maximum Gasteiger partial charge on any atom is 0.356 e. The van der Waals surface area contributed by atoms with Gasteiger partial charge in [0.25, 0.3) is 11.8 Å². The van der Waals surface area contributed by atoms with Gasteiger partial charge in [0.2, 0.25) is 6.41 Å². The number of thioether (sulfide) groups is 2. The Hall–Kier alpha value is -3.83. The van der Waals surface area contributed by atoms with Crippen LogP contribution >= 0.6 is 62.1 Å². The summed E-state index contributed by atoms with van der Waals surface area (Å²) >= 11 is 8.74. The van der Waals surface area contributed by atoms with Gasteiger partial charge in [-0.1, -0.05) is 99.7 Å². The van der Waals surface area contributed by atoms with Gasteiger partial charge in [-0.05, 0) is 28.6 Å². The SMILES string of the molecule is Cc1nnc(SCC2=C(C(=O)OC(c3ccccc3)c3ccccc3)N3C(=O)C(NC(=O)C(=CBr)c4csc(NC=O)n4)[C@H]3SC2)s1. The Labute approximate surface area is 294 Å². The Morgan fingerprint density at radius 1 is 1.13 bits per heavy atom. The lowest BCUT2D eigenvalue weighted by molar-refractivity contribution is -0.154. The highest BCUT2D eigenvalue weighted by atomic mass is 79.9. The smallest absolute Gasteiger partial charge is 0.356 e. The van der Waals surface area contributed by atoms with Crippen LogP contribution in [0.2, 0.25) is 0 Å². The molecular formula is C31H25BrN6O5S4. The number of anilines is 1. The Morgan fingerprint density at radius 3 is 2.45 bits per heavy atom. The molecule has 2 aliphatic rings. The van der Waals surface area contributed by atoms with Crippen molar-refractivity contribution >= 4 is 97.0 Å². The van der Waals surface area contributed by atoms with Crippen molar-refractivity contribution in [3.63, 3.8) is 0 Å². The molecule has 1 fully saturated rings. The molecular weight excluding hydrogens is 745 g/mol. The van der Waals surface area contributed by atoms with Crippen LogP contribution in [0, 0.1) is 6.92 Å². The molecule has 0 aliphatic carbocycles. The fraction of sp³-hybridized carbons (Fsp3) is 0.194. The van der Waals surface area contributed by atoms with E-state index >= 15 is 0 Å². The molecule has 11 nitrogen and oxygen atoms in total. The third-order valence-corrected chi connectivity index (χ3v) is 11.8. The number of nitrogens with one attached hydrogen (secondary N) is 2. The van der Waals surface area contributed by atoms with Crippen molar-refractivity contribution in [1.29, 1.82) is 0 Å². The maximum absolute atomic E-state index is 14.2. The monoisotopic (exact) mass is 768 g/mol. The van der Waals surface area contributed by atoms with Gasteiger partial charge < -0.3 is 15.4 Å². The highest BCUT2D eigenvalue weighted by Crippen LogP contribution is 2.43. The highest BCUT2D eigenvalue weighted by molar-refractivity contribution is 9.11. The Kier molecular flexibility index (Phi) is 10.5. The van der Waals surface area contributed by atoms with Gasteiger partial charge in [0.1, 0.15) is 22.1 Å². The minimum atomic E-state index is -0.886. The molecule has 4 aromatic rings. The summed E-state index contributed by atoms with van der Waals surface area (Å²) in [4.78, 5) is 59.2. The number of amides is 3. The van der Waals surface area contributed by atoms with Crippen molar-refractivity contribution in [2.24, 2.45) is 0 Å². The molecule has 0 radical (unpaired) electrons. The molecule has 0 bridgehead atoms. The molecule has 6 rings (SSSR count). The van der Waals surface area contributed by atoms with Gasteiger partial charge in [-0.3, -0.25) is 19.3 Å². The van der Waals surface area contributed by atoms with E-state index in [0.29, 0.717) is 28.7 Å². The fourth-order valence-electron chi connectivity index (χ4n) is 4.97. The van der Waals surface area contributed by atoms with Crippen LogP contribution in [-0.2, 0) is 23.9 Å². The molecule has 2 atom stereocenters. The zero-order valence-electron chi connectivity index (χ0n) is 24.5. The van der Waals surface area contributed by atoms with E-state index in [9.17, 15) is 19.2 Å². The first-order chi connectivity index (χ1) is 22.9. The van der Waals surface area contributed by atoms with E-state index in [-0.39, 0.29) is 11.3 Å². The van der Waals surface area contributed by atoms with Gasteiger partial charge in [0, 0.05) is 16.9 Å². The number of thiazole rings is 1. The summed E-state index contributed by atoms with van der Waals surface area (Å²) in [7, 11) is 0. The molecule has 47 heavy (non-hydrogen) atoms. The van der Waals surface area contributed by atoms with Crippen molar-refractivity contribution in [1.82, 2.24) is 25.4 Å². The van der Waals surface area contributed by atoms with Crippen LogP contribution in [0.25, 0.3) is 5.57 Å². The predicted molar refractivity (Wildman–Crippen MR) is 187 cm³/mol. The number of carbonyl (C=O) groups excluding carboxylic acids is 4. The zero-order valence-corrected chi connectivity index (χ0v) is 29.3. The molecule has 16 heteroatoms. The summed E-state index contributed by atoms with van der Waals surface area (Å²) in [5, 5.41) is 15.8. The van der Waals surface area contributed by atoms with E-state index in [4.69, 9.17) is 4.74 Å². The molecule has 4 heterocycles. The van der Waals surface area contributed by atoms with Gasteiger partial charge >= 0.3 is 5.97 Å². The summed E-state index contributed by atoms with van der Waals surface area (Å²) in [6, 6.07) is 18.0. The number of aryl methyl sites for hydroxylation is 1. The van der Waals surface area contributed by atoms with Crippen LogP contribution in [-0.4, -0.2) is 67.2 Å². The molecule has 240 valence electrons. The first-order valence-corrected chi connectivity index (χ1v) is 18.7. The number of fused-ring (bicyclic) bond motifs is 1. The van der Waals surface area contributed by atoms with Crippen molar-refractivity contribution < 1.29 is 23.9 Å². The second-order valence-electron chi connectivity index (χ2n) is 10.1. The van der Waals surface area contributed by atoms with Crippen LogP contribution in [0.1, 0.15) is 27.9 Å². The van der Waals surface area contributed by atoms with Crippen molar-refractivity contribution in [2.45, 2.75) is 28.8 Å². The number of benzene rings is 2. The average molecular weight is 770 g/mol.